The molecule has 0 bridgehead atoms. The molecule has 0 aliphatic rings. The first-order chi connectivity index (χ1) is 11.1. The van der Waals surface area contributed by atoms with Crippen molar-refractivity contribution in [1.29, 1.82) is 10.5 Å². The van der Waals surface area contributed by atoms with Gasteiger partial charge in [0.15, 0.2) is 6.61 Å². The van der Waals surface area contributed by atoms with E-state index in [4.69, 9.17) is 20.0 Å². The van der Waals surface area contributed by atoms with Gasteiger partial charge >= 0.3 is 5.97 Å². The zero-order valence-electron chi connectivity index (χ0n) is 12.3. The summed E-state index contributed by atoms with van der Waals surface area (Å²) >= 11 is 0. The van der Waals surface area contributed by atoms with Gasteiger partial charge in [-0.05, 0) is 30.3 Å². The summed E-state index contributed by atoms with van der Waals surface area (Å²) in [5.74, 6) is 0.763. The Morgan fingerprint density at radius 1 is 1.00 bits per heavy atom. The monoisotopic (exact) mass is 308 g/mol. The third-order valence-electron chi connectivity index (χ3n) is 2.79. The third-order valence-corrected chi connectivity index (χ3v) is 2.79. The van der Waals surface area contributed by atoms with Crippen LogP contribution in [0, 0.1) is 22.7 Å². The number of rotatable bonds is 5. The Labute approximate surface area is 133 Å². The molecule has 0 saturated heterocycles. The molecule has 0 saturated carbocycles. The number of carbonyl (C=O) groups is 1. The fourth-order valence-electron chi connectivity index (χ4n) is 1.75. The second-order valence-electron chi connectivity index (χ2n) is 4.41. The summed E-state index contributed by atoms with van der Waals surface area (Å²) in [5.41, 5.74) is 0.661. The summed E-state index contributed by atoms with van der Waals surface area (Å²) in [4.78, 5) is 11.1. The predicted octanol–water partition coefficient (Wildman–Crippen LogP) is 2.77. The first-order valence-electron chi connectivity index (χ1n) is 6.57. The molecule has 2 rings (SSSR count). The van der Waals surface area contributed by atoms with Crippen LogP contribution in [0.3, 0.4) is 0 Å². The van der Waals surface area contributed by atoms with Crippen molar-refractivity contribution in [2.75, 3.05) is 13.7 Å². The van der Waals surface area contributed by atoms with Crippen LogP contribution < -0.4 is 9.47 Å². The molecule has 0 aromatic heterocycles. The summed E-state index contributed by atoms with van der Waals surface area (Å²) in [6.45, 7) is -0.206. The van der Waals surface area contributed by atoms with Gasteiger partial charge in [0.05, 0.1) is 30.4 Å². The first kappa shape index (κ1) is 15.9. The molecule has 0 unspecified atom stereocenters. The number of hydrogen-bond donors (Lipinski definition) is 0. The van der Waals surface area contributed by atoms with E-state index in [1.807, 2.05) is 12.1 Å². The Hall–Kier alpha value is -3.51. The highest BCUT2D eigenvalue weighted by molar-refractivity contribution is 5.70. The van der Waals surface area contributed by atoms with Crippen molar-refractivity contribution < 1.29 is 19.0 Å². The minimum absolute atomic E-state index is 0.206. The summed E-state index contributed by atoms with van der Waals surface area (Å²) < 4.78 is 15.4. The number of methoxy groups -OCH3 is 1. The zero-order valence-corrected chi connectivity index (χ0v) is 12.3. The van der Waals surface area contributed by atoms with Gasteiger partial charge in [-0.3, -0.25) is 0 Å². The molecule has 0 amide bonds. The fourth-order valence-corrected chi connectivity index (χ4v) is 1.75. The highest BCUT2D eigenvalue weighted by atomic mass is 16.6. The van der Waals surface area contributed by atoms with E-state index in [1.54, 1.807) is 24.3 Å². The molecule has 2 aromatic rings. The van der Waals surface area contributed by atoms with Crippen LogP contribution in [-0.4, -0.2) is 19.7 Å². The molecule has 23 heavy (non-hydrogen) atoms. The molecule has 0 aliphatic carbocycles. The number of carbonyl (C=O) groups excluding carboxylic acids is 1. The van der Waals surface area contributed by atoms with Crippen molar-refractivity contribution in [2.45, 2.75) is 0 Å². The van der Waals surface area contributed by atoms with Crippen LogP contribution in [0.25, 0.3) is 0 Å². The summed E-state index contributed by atoms with van der Waals surface area (Å²) in [5, 5.41) is 17.9. The normalized spacial score (nSPS) is 9.35. The fraction of sp³-hybridized carbons (Fsp3) is 0.118. The second kappa shape index (κ2) is 7.48. The van der Waals surface area contributed by atoms with Crippen LogP contribution in [0.1, 0.15) is 11.1 Å². The summed E-state index contributed by atoms with van der Waals surface area (Å²) in [7, 11) is 1.28. The predicted molar refractivity (Wildman–Crippen MR) is 79.9 cm³/mol. The molecule has 0 radical (unpaired) electrons. The highest BCUT2D eigenvalue weighted by Crippen LogP contribution is 2.26. The van der Waals surface area contributed by atoms with E-state index in [2.05, 4.69) is 4.74 Å². The maximum atomic E-state index is 11.1. The van der Waals surface area contributed by atoms with Gasteiger partial charge in [-0.1, -0.05) is 6.07 Å². The lowest BCUT2D eigenvalue weighted by Crippen LogP contribution is -2.12. The lowest BCUT2D eigenvalue weighted by atomic mass is 10.1. The van der Waals surface area contributed by atoms with Gasteiger partial charge in [0.25, 0.3) is 0 Å². The Morgan fingerprint density at radius 2 is 1.65 bits per heavy atom. The Kier molecular flexibility index (Phi) is 5.16. The average Bonchev–Trinajstić information content (AvgIpc) is 2.59. The molecule has 114 valence electrons. The lowest BCUT2D eigenvalue weighted by Gasteiger charge is -2.09. The maximum Gasteiger partial charge on any atom is 0.343 e. The molecule has 0 fully saturated rings. The second-order valence-corrected chi connectivity index (χ2v) is 4.41. The molecule has 6 heteroatoms. The van der Waals surface area contributed by atoms with E-state index in [0.29, 0.717) is 28.4 Å². The number of nitrogens with zero attached hydrogens (tertiary/aromatic N) is 2. The minimum atomic E-state index is -0.489. The molecule has 0 aliphatic heterocycles. The Morgan fingerprint density at radius 3 is 2.26 bits per heavy atom. The van der Waals surface area contributed by atoms with Gasteiger partial charge in [-0.15, -0.1) is 0 Å². The maximum absolute atomic E-state index is 11.1. The molecule has 0 heterocycles. The molecule has 0 spiro atoms. The minimum Gasteiger partial charge on any atom is -0.482 e. The summed E-state index contributed by atoms with van der Waals surface area (Å²) in [6.07, 6.45) is 0. The van der Waals surface area contributed by atoms with E-state index >= 15 is 0 Å². The Balaban J connectivity index is 2.16. The number of hydrogen-bond acceptors (Lipinski definition) is 6. The lowest BCUT2D eigenvalue weighted by molar-refractivity contribution is -0.142. The van der Waals surface area contributed by atoms with Crippen LogP contribution >= 0.6 is 0 Å². The van der Waals surface area contributed by atoms with E-state index in [0.717, 1.165) is 0 Å². The zero-order chi connectivity index (χ0) is 16.7. The van der Waals surface area contributed by atoms with E-state index < -0.39 is 5.97 Å². The number of nitriles is 2. The van der Waals surface area contributed by atoms with Crippen LogP contribution in [-0.2, 0) is 9.53 Å². The average molecular weight is 308 g/mol. The van der Waals surface area contributed by atoms with Crippen molar-refractivity contribution in [2.24, 2.45) is 0 Å². The van der Waals surface area contributed by atoms with Gasteiger partial charge in [-0.2, -0.15) is 10.5 Å². The van der Waals surface area contributed by atoms with E-state index in [9.17, 15) is 4.79 Å². The van der Waals surface area contributed by atoms with Crippen molar-refractivity contribution >= 4 is 5.97 Å². The van der Waals surface area contributed by atoms with Crippen LogP contribution in [0.2, 0.25) is 0 Å². The third kappa shape index (κ3) is 4.48. The SMILES string of the molecule is COC(=O)COc1cccc(Oc2cc(C#N)cc(C#N)c2)c1. The topological polar surface area (TPSA) is 92.3 Å². The van der Waals surface area contributed by atoms with Crippen molar-refractivity contribution in [3.05, 3.63) is 53.6 Å². The van der Waals surface area contributed by atoms with Gasteiger partial charge < -0.3 is 14.2 Å². The number of ether oxygens (including phenoxy) is 3. The van der Waals surface area contributed by atoms with E-state index in [1.165, 1.54) is 25.3 Å². The van der Waals surface area contributed by atoms with E-state index in [-0.39, 0.29) is 6.61 Å². The largest absolute Gasteiger partial charge is 0.482 e. The molecule has 0 N–H and O–H groups in total. The van der Waals surface area contributed by atoms with Gasteiger partial charge in [0.1, 0.15) is 17.2 Å². The van der Waals surface area contributed by atoms with Crippen molar-refractivity contribution in [1.82, 2.24) is 0 Å². The van der Waals surface area contributed by atoms with Gasteiger partial charge in [0, 0.05) is 6.07 Å². The first-order valence-corrected chi connectivity index (χ1v) is 6.57. The molecule has 6 nitrogen and oxygen atoms in total. The summed E-state index contributed by atoms with van der Waals surface area (Å²) in [6, 6.07) is 15.1. The number of benzene rings is 2. The van der Waals surface area contributed by atoms with Gasteiger partial charge in [0.2, 0.25) is 0 Å². The number of esters is 1. The smallest absolute Gasteiger partial charge is 0.343 e. The van der Waals surface area contributed by atoms with Crippen molar-refractivity contribution in [3.63, 3.8) is 0 Å². The van der Waals surface area contributed by atoms with Crippen LogP contribution in [0.15, 0.2) is 42.5 Å². The molecular formula is C17H12N2O4. The van der Waals surface area contributed by atoms with Crippen LogP contribution in [0.4, 0.5) is 0 Å². The Bertz CT molecular complexity index is 771. The highest BCUT2D eigenvalue weighted by Gasteiger charge is 2.06. The van der Waals surface area contributed by atoms with Crippen molar-refractivity contribution in [3.8, 4) is 29.4 Å². The molecular weight excluding hydrogens is 296 g/mol. The standard InChI is InChI=1S/C17H12N2O4/c1-21-17(20)11-22-14-3-2-4-15(8-14)23-16-6-12(9-18)5-13(7-16)10-19/h2-8H,11H2,1H3. The molecule has 2 aromatic carbocycles. The molecule has 0 atom stereocenters. The van der Waals surface area contributed by atoms with Crippen LogP contribution in [0.5, 0.6) is 17.2 Å². The van der Waals surface area contributed by atoms with Gasteiger partial charge in [-0.25, -0.2) is 4.79 Å². The quantitative estimate of drug-likeness (QED) is 0.789.